The third kappa shape index (κ3) is 2.53. The second-order valence-electron chi connectivity index (χ2n) is 3.39. The van der Waals surface area contributed by atoms with Crippen LogP contribution in [0.15, 0.2) is 42.7 Å². The van der Waals surface area contributed by atoms with Crippen molar-refractivity contribution in [3.63, 3.8) is 0 Å². The third-order valence-electron chi connectivity index (χ3n) is 2.21. The van der Waals surface area contributed by atoms with E-state index in [1.807, 2.05) is 41.2 Å². The Labute approximate surface area is 88.4 Å². The van der Waals surface area contributed by atoms with Gasteiger partial charge < -0.3 is 4.79 Å². The van der Waals surface area contributed by atoms with Gasteiger partial charge in [-0.2, -0.15) is 5.10 Å². The quantitative estimate of drug-likeness (QED) is 0.704. The second kappa shape index (κ2) is 4.55. The van der Waals surface area contributed by atoms with Crippen molar-refractivity contribution in [1.29, 1.82) is 0 Å². The molecule has 0 atom stereocenters. The molecule has 0 amide bonds. The van der Waals surface area contributed by atoms with Crippen LogP contribution in [0.4, 0.5) is 0 Å². The van der Waals surface area contributed by atoms with Crippen LogP contribution in [0.3, 0.4) is 0 Å². The van der Waals surface area contributed by atoms with Crippen molar-refractivity contribution in [3.8, 4) is 0 Å². The second-order valence-corrected chi connectivity index (χ2v) is 3.39. The molecule has 0 saturated heterocycles. The Balaban J connectivity index is 2.14. The van der Waals surface area contributed by atoms with Gasteiger partial charge in [-0.3, -0.25) is 4.68 Å². The van der Waals surface area contributed by atoms with Crippen LogP contribution >= 0.6 is 0 Å². The third-order valence-corrected chi connectivity index (χ3v) is 2.21. The number of benzene rings is 1. The molecule has 0 spiro atoms. The van der Waals surface area contributed by atoms with Gasteiger partial charge in [0.2, 0.25) is 0 Å². The average molecular weight is 200 g/mol. The SMILES string of the molecule is O=CCc1cccc(Cn2cccn2)c1. The van der Waals surface area contributed by atoms with Crippen LogP contribution in [0, 0.1) is 0 Å². The van der Waals surface area contributed by atoms with E-state index in [9.17, 15) is 4.79 Å². The molecule has 0 unspecified atom stereocenters. The molecule has 1 heterocycles. The van der Waals surface area contributed by atoms with Crippen LogP contribution in [0.5, 0.6) is 0 Å². The number of aldehydes is 1. The van der Waals surface area contributed by atoms with Gasteiger partial charge in [0.15, 0.2) is 0 Å². The molecule has 0 N–H and O–H groups in total. The predicted octanol–water partition coefficient (Wildman–Crippen LogP) is 1.67. The van der Waals surface area contributed by atoms with E-state index in [-0.39, 0.29) is 0 Å². The Morgan fingerprint density at radius 3 is 2.87 bits per heavy atom. The van der Waals surface area contributed by atoms with E-state index in [0.29, 0.717) is 6.42 Å². The average Bonchev–Trinajstić information content (AvgIpc) is 2.71. The smallest absolute Gasteiger partial charge is 0.124 e. The first kappa shape index (κ1) is 9.65. The van der Waals surface area contributed by atoms with Crippen molar-refractivity contribution in [1.82, 2.24) is 9.78 Å². The Hall–Kier alpha value is -1.90. The largest absolute Gasteiger partial charge is 0.303 e. The number of rotatable bonds is 4. The molecule has 0 bridgehead atoms. The van der Waals surface area contributed by atoms with Gasteiger partial charge in [-0.05, 0) is 17.2 Å². The first-order valence-electron chi connectivity index (χ1n) is 4.87. The Kier molecular flexibility index (Phi) is 2.93. The molecular weight excluding hydrogens is 188 g/mol. The Bertz CT molecular complexity index is 435. The van der Waals surface area contributed by atoms with Gasteiger partial charge in [-0.1, -0.05) is 24.3 Å². The zero-order chi connectivity index (χ0) is 10.5. The van der Waals surface area contributed by atoms with Crippen LogP contribution in [-0.2, 0) is 17.8 Å². The maximum atomic E-state index is 10.4. The normalized spacial score (nSPS) is 10.1. The van der Waals surface area contributed by atoms with E-state index < -0.39 is 0 Å². The lowest BCUT2D eigenvalue weighted by Gasteiger charge is -2.03. The minimum Gasteiger partial charge on any atom is -0.303 e. The highest BCUT2D eigenvalue weighted by atomic mass is 16.1. The lowest BCUT2D eigenvalue weighted by Crippen LogP contribution is -2.00. The maximum absolute atomic E-state index is 10.4. The van der Waals surface area contributed by atoms with Crippen molar-refractivity contribution in [3.05, 3.63) is 53.9 Å². The fourth-order valence-corrected chi connectivity index (χ4v) is 1.53. The van der Waals surface area contributed by atoms with Crippen LogP contribution in [0.1, 0.15) is 11.1 Å². The monoisotopic (exact) mass is 200 g/mol. The maximum Gasteiger partial charge on any atom is 0.124 e. The van der Waals surface area contributed by atoms with E-state index in [2.05, 4.69) is 5.10 Å². The predicted molar refractivity (Wildman–Crippen MR) is 57.5 cm³/mol. The summed E-state index contributed by atoms with van der Waals surface area (Å²) < 4.78 is 1.86. The highest BCUT2D eigenvalue weighted by Crippen LogP contribution is 2.06. The van der Waals surface area contributed by atoms with Crippen LogP contribution in [0.25, 0.3) is 0 Å². The van der Waals surface area contributed by atoms with E-state index in [1.54, 1.807) is 6.20 Å². The Morgan fingerprint density at radius 1 is 1.27 bits per heavy atom. The number of carbonyl (C=O) groups is 1. The van der Waals surface area contributed by atoms with Gasteiger partial charge in [-0.25, -0.2) is 0 Å². The van der Waals surface area contributed by atoms with Crippen LogP contribution in [-0.4, -0.2) is 16.1 Å². The summed E-state index contributed by atoms with van der Waals surface area (Å²) in [5, 5.41) is 4.13. The summed E-state index contributed by atoms with van der Waals surface area (Å²) >= 11 is 0. The van der Waals surface area contributed by atoms with Crippen molar-refractivity contribution >= 4 is 6.29 Å². The standard InChI is InChI=1S/C12H12N2O/c15-8-5-11-3-1-4-12(9-11)10-14-7-2-6-13-14/h1-4,6-9H,5,10H2. The number of carbonyl (C=O) groups excluding carboxylic acids is 1. The van der Waals surface area contributed by atoms with Crippen molar-refractivity contribution in [2.75, 3.05) is 0 Å². The van der Waals surface area contributed by atoms with Gasteiger partial charge >= 0.3 is 0 Å². The molecular formula is C12H12N2O. The zero-order valence-corrected chi connectivity index (χ0v) is 8.34. The molecule has 2 aromatic rings. The van der Waals surface area contributed by atoms with Crippen molar-refractivity contribution in [2.24, 2.45) is 0 Å². The van der Waals surface area contributed by atoms with Gasteiger partial charge in [0.25, 0.3) is 0 Å². The summed E-state index contributed by atoms with van der Waals surface area (Å²) in [4.78, 5) is 10.4. The molecule has 3 nitrogen and oxygen atoms in total. The molecule has 0 aliphatic rings. The van der Waals surface area contributed by atoms with Gasteiger partial charge in [0.1, 0.15) is 6.29 Å². The first-order chi connectivity index (χ1) is 7.38. The van der Waals surface area contributed by atoms with Gasteiger partial charge in [-0.15, -0.1) is 0 Å². The van der Waals surface area contributed by atoms with Crippen molar-refractivity contribution < 1.29 is 4.79 Å². The molecule has 76 valence electrons. The molecule has 0 aliphatic heterocycles. The van der Waals surface area contributed by atoms with Gasteiger partial charge in [0.05, 0.1) is 6.54 Å². The molecule has 0 radical (unpaired) electrons. The highest BCUT2D eigenvalue weighted by Gasteiger charge is 1.97. The van der Waals surface area contributed by atoms with Gasteiger partial charge in [0, 0.05) is 18.8 Å². The summed E-state index contributed by atoms with van der Waals surface area (Å²) in [6, 6.07) is 9.90. The molecule has 1 aromatic carbocycles. The lowest BCUT2D eigenvalue weighted by atomic mass is 10.1. The molecule has 0 aliphatic carbocycles. The fourth-order valence-electron chi connectivity index (χ4n) is 1.53. The summed E-state index contributed by atoms with van der Waals surface area (Å²) in [7, 11) is 0. The number of nitrogens with zero attached hydrogens (tertiary/aromatic N) is 2. The minimum atomic E-state index is 0.479. The van der Waals surface area contributed by atoms with E-state index >= 15 is 0 Å². The summed E-state index contributed by atoms with van der Waals surface area (Å²) in [5.74, 6) is 0. The lowest BCUT2D eigenvalue weighted by molar-refractivity contribution is -0.107. The summed E-state index contributed by atoms with van der Waals surface area (Å²) in [5.41, 5.74) is 2.22. The van der Waals surface area contributed by atoms with E-state index in [0.717, 1.165) is 24.0 Å². The Morgan fingerprint density at radius 2 is 2.13 bits per heavy atom. The van der Waals surface area contributed by atoms with Crippen LogP contribution in [0.2, 0.25) is 0 Å². The summed E-state index contributed by atoms with van der Waals surface area (Å²) in [6.07, 6.45) is 5.08. The van der Waals surface area contributed by atoms with E-state index in [4.69, 9.17) is 0 Å². The zero-order valence-electron chi connectivity index (χ0n) is 8.34. The molecule has 3 heteroatoms. The molecule has 2 rings (SSSR count). The highest BCUT2D eigenvalue weighted by molar-refractivity contribution is 5.55. The minimum absolute atomic E-state index is 0.479. The topological polar surface area (TPSA) is 34.9 Å². The molecule has 0 fully saturated rings. The molecule has 0 saturated carbocycles. The number of hydrogen-bond donors (Lipinski definition) is 0. The van der Waals surface area contributed by atoms with Crippen molar-refractivity contribution in [2.45, 2.75) is 13.0 Å². The molecule has 1 aromatic heterocycles. The summed E-state index contributed by atoms with van der Waals surface area (Å²) in [6.45, 7) is 0.750. The van der Waals surface area contributed by atoms with Crippen LogP contribution < -0.4 is 0 Å². The fraction of sp³-hybridized carbons (Fsp3) is 0.167. The number of hydrogen-bond acceptors (Lipinski definition) is 2. The number of aromatic nitrogens is 2. The first-order valence-corrected chi connectivity index (χ1v) is 4.87. The van der Waals surface area contributed by atoms with E-state index in [1.165, 1.54) is 0 Å². The molecule has 15 heavy (non-hydrogen) atoms.